The highest BCUT2D eigenvalue weighted by molar-refractivity contribution is 8.00. The number of oxime groups is 1. The lowest BCUT2D eigenvalue weighted by Gasteiger charge is -2.49. The lowest BCUT2D eigenvalue weighted by atomic mass is 10.0. The number of esters is 1. The lowest BCUT2D eigenvalue weighted by molar-refractivity contribution is -0.758. The molecule has 5 heterocycles. The predicted molar refractivity (Wildman–Crippen MR) is 155 cm³/mol. The van der Waals surface area contributed by atoms with E-state index >= 15 is 0 Å². The molecule has 0 saturated carbocycles. The van der Waals surface area contributed by atoms with E-state index in [1.54, 1.807) is 29.1 Å². The normalized spacial score (nSPS) is 18.3. The second-order valence-corrected chi connectivity index (χ2v) is 12.1. The third-order valence-corrected chi connectivity index (χ3v) is 9.25. The summed E-state index contributed by atoms with van der Waals surface area (Å²) in [5, 5.41) is 18.3. The van der Waals surface area contributed by atoms with E-state index in [4.69, 9.17) is 15.3 Å². The average Bonchev–Trinajstić information content (AvgIpc) is 3.58. The highest BCUT2D eigenvalue weighted by Crippen LogP contribution is 2.40. The van der Waals surface area contributed by atoms with Crippen molar-refractivity contribution in [2.24, 2.45) is 5.16 Å². The zero-order chi connectivity index (χ0) is 30.8. The second-order valence-electron chi connectivity index (χ2n) is 9.10. The van der Waals surface area contributed by atoms with Crippen LogP contribution >= 0.6 is 34.9 Å². The van der Waals surface area contributed by atoms with E-state index in [9.17, 15) is 24.3 Å². The number of aliphatic carboxylic acids is 1. The number of aromatic nitrogens is 5. The van der Waals surface area contributed by atoms with Crippen LogP contribution in [0.15, 0.2) is 39.2 Å². The van der Waals surface area contributed by atoms with Crippen LogP contribution in [0.2, 0.25) is 0 Å². The molecule has 0 radical (unpaired) electrons. The molecule has 0 unspecified atom stereocenters. The van der Waals surface area contributed by atoms with Crippen molar-refractivity contribution in [2.45, 2.75) is 36.8 Å². The van der Waals surface area contributed by atoms with Gasteiger partial charge in [-0.25, -0.2) is 9.78 Å². The van der Waals surface area contributed by atoms with Gasteiger partial charge in [0.05, 0.1) is 12.4 Å². The van der Waals surface area contributed by atoms with Gasteiger partial charge in [0, 0.05) is 22.4 Å². The summed E-state index contributed by atoms with van der Waals surface area (Å²) in [5.41, 5.74) is 6.68. The van der Waals surface area contributed by atoms with Crippen molar-refractivity contribution >= 4 is 75.2 Å². The molecule has 1 saturated heterocycles. The summed E-state index contributed by atoms with van der Waals surface area (Å²) >= 11 is 3.67. The van der Waals surface area contributed by atoms with Crippen molar-refractivity contribution in [3.63, 3.8) is 0 Å². The first kappa shape index (κ1) is 30.2. The number of nitrogens with two attached hydrogens (primary N) is 1. The topological polar surface area (TPSA) is 208 Å². The number of rotatable bonds is 11. The van der Waals surface area contributed by atoms with Crippen molar-refractivity contribution < 1.29 is 38.5 Å². The first-order chi connectivity index (χ1) is 20.6. The number of nitrogen functional groups attached to an aromatic ring is 1. The number of β-lactam (4-membered cyclic amide) rings is 1. The number of fused-ring (bicyclic) bond motifs is 2. The number of hydrogen-bond donors (Lipinski definition) is 3. The zero-order valence-corrected chi connectivity index (χ0v) is 25.5. The molecule has 0 aromatic carbocycles. The Hall–Kier alpha value is -4.23. The van der Waals surface area contributed by atoms with Gasteiger partial charge in [-0.1, -0.05) is 16.9 Å². The Morgan fingerprint density at radius 2 is 2.14 bits per heavy atom. The molecule has 43 heavy (non-hydrogen) atoms. The van der Waals surface area contributed by atoms with Crippen LogP contribution in [-0.2, 0) is 35.3 Å². The van der Waals surface area contributed by atoms with Crippen molar-refractivity contribution in [3.05, 3.63) is 40.4 Å². The van der Waals surface area contributed by atoms with Gasteiger partial charge in [-0.05, 0) is 24.9 Å². The molecule has 0 aliphatic carbocycles. The van der Waals surface area contributed by atoms with E-state index in [2.05, 4.69) is 25.4 Å². The number of carbonyl (C=O) groups is 4. The Labute approximate surface area is 256 Å². The average molecular weight is 649 g/mol. The first-order valence-corrected chi connectivity index (χ1v) is 15.6. The number of nitrogens with one attached hydrogen (secondary N) is 1. The van der Waals surface area contributed by atoms with Crippen molar-refractivity contribution in [2.75, 3.05) is 31.0 Å². The van der Waals surface area contributed by atoms with Gasteiger partial charge in [0.15, 0.2) is 10.8 Å². The molecular formula is C24H26N9O7S3+. The molecule has 16 nitrogen and oxygen atoms in total. The number of aryl methyl sites for hydroxylation is 1. The van der Waals surface area contributed by atoms with Gasteiger partial charge in [0.1, 0.15) is 41.5 Å². The molecule has 0 spiro atoms. The number of hydrogen-bond acceptors (Lipinski definition) is 14. The quantitative estimate of drug-likeness (QED) is 0.0469. The highest BCUT2D eigenvalue weighted by atomic mass is 32.2. The van der Waals surface area contributed by atoms with Gasteiger partial charge in [-0.15, -0.1) is 32.3 Å². The molecular weight excluding hydrogens is 623 g/mol. The van der Waals surface area contributed by atoms with Crippen LogP contribution in [0.3, 0.4) is 0 Å². The number of ether oxygens (including phenoxy) is 1. The van der Waals surface area contributed by atoms with E-state index in [1.165, 1.54) is 47.2 Å². The van der Waals surface area contributed by atoms with Gasteiger partial charge >= 0.3 is 24.0 Å². The maximum atomic E-state index is 13.2. The molecule has 3 aromatic heterocycles. The summed E-state index contributed by atoms with van der Waals surface area (Å²) in [4.78, 5) is 69.5. The van der Waals surface area contributed by atoms with E-state index in [1.807, 2.05) is 0 Å². The number of thioether (sulfide) groups is 2. The monoisotopic (exact) mass is 648 g/mol. The van der Waals surface area contributed by atoms with E-state index in [0.29, 0.717) is 22.1 Å². The molecule has 5 rings (SSSR count). The Balaban J connectivity index is 1.38. The summed E-state index contributed by atoms with van der Waals surface area (Å²) in [6.45, 7) is 3.88. The van der Waals surface area contributed by atoms with Crippen LogP contribution in [0.1, 0.15) is 18.3 Å². The summed E-state index contributed by atoms with van der Waals surface area (Å²) in [5.74, 6) is -2.26. The molecule has 2 aliphatic rings. The molecule has 1 fully saturated rings. The third kappa shape index (κ3) is 6.00. The molecule has 226 valence electrons. The minimum Gasteiger partial charge on any atom is -0.477 e. The number of carbonyl (C=O) groups excluding carboxylic acids is 3. The maximum Gasteiger partial charge on any atom is 0.381 e. The van der Waals surface area contributed by atoms with Gasteiger partial charge in [0.2, 0.25) is 0 Å². The SMILES string of the molecule is CCOC(=O)CSc1cc(C)nc2nc[n+](CC3=C(C(=O)O)N4C(=O)[C@@H](NC(=O)/C(=N\OC)c5csc(N)n5)[C@H]4SC3)n12. The predicted octanol–water partition coefficient (Wildman–Crippen LogP) is -0.192. The van der Waals surface area contributed by atoms with Crippen LogP contribution in [0.4, 0.5) is 5.13 Å². The maximum absolute atomic E-state index is 13.2. The Bertz CT molecular complexity index is 1690. The number of carboxylic acid groups (broad SMARTS) is 1. The van der Waals surface area contributed by atoms with E-state index < -0.39 is 29.2 Å². The van der Waals surface area contributed by atoms with Crippen LogP contribution in [0.5, 0.6) is 0 Å². The fraction of sp³-hybridized carbons (Fsp3) is 0.375. The summed E-state index contributed by atoms with van der Waals surface area (Å²) in [7, 11) is 1.27. The number of nitrogens with zero attached hydrogens (tertiary/aromatic N) is 7. The Morgan fingerprint density at radius 1 is 1.35 bits per heavy atom. The largest absolute Gasteiger partial charge is 0.477 e. The van der Waals surface area contributed by atoms with Gasteiger partial charge < -0.3 is 25.7 Å². The van der Waals surface area contributed by atoms with Gasteiger partial charge in [-0.2, -0.15) is 4.98 Å². The summed E-state index contributed by atoms with van der Waals surface area (Å²) < 4.78 is 8.39. The molecule has 4 N–H and O–H groups in total. The number of amides is 2. The van der Waals surface area contributed by atoms with Crippen molar-refractivity contribution in [3.8, 4) is 0 Å². The van der Waals surface area contributed by atoms with Crippen molar-refractivity contribution in [1.29, 1.82) is 0 Å². The standard InChI is InChI=1S/C24H25N9O7S3/c1-4-40-15(34)9-41-14-5-11(2)27-24-26-10-31(33(14)24)6-12-7-42-21-17(20(36)32(21)18(12)22(37)38)29-19(35)16(30-39-3)13-8-43-23(25)28-13/h5,8,10,17,21H,4,6-7,9H2,1-3H3,(H3-,25,28,29,35,37,38)/p+1/b30-16-/t17-,21-/m1/s1. The smallest absolute Gasteiger partial charge is 0.381 e. The molecule has 3 aromatic rings. The van der Waals surface area contributed by atoms with E-state index in [0.717, 1.165) is 11.3 Å². The summed E-state index contributed by atoms with van der Waals surface area (Å²) in [6, 6.07) is 0.800. The molecule has 2 amide bonds. The first-order valence-electron chi connectivity index (χ1n) is 12.7. The molecule has 2 aliphatic heterocycles. The number of thiazole rings is 1. The fourth-order valence-corrected chi connectivity index (χ4v) is 7.32. The van der Waals surface area contributed by atoms with Gasteiger partial charge in [0.25, 0.3) is 11.8 Å². The fourth-order valence-electron chi connectivity index (χ4n) is 4.52. The van der Waals surface area contributed by atoms with Crippen LogP contribution in [0, 0.1) is 6.92 Å². The Morgan fingerprint density at radius 3 is 2.81 bits per heavy atom. The molecule has 19 heteroatoms. The molecule has 0 bridgehead atoms. The van der Waals surface area contributed by atoms with Gasteiger partial charge in [-0.3, -0.25) is 19.3 Å². The van der Waals surface area contributed by atoms with Crippen LogP contribution in [0.25, 0.3) is 5.78 Å². The van der Waals surface area contributed by atoms with Crippen LogP contribution in [-0.4, -0.2) is 95.6 Å². The highest BCUT2D eigenvalue weighted by Gasteiger charge is 2.54. The van der Waals surface area contributed by atoms with E-state index in [-0.39, 0.29) is 52.9 Å². The van der Waals surface area contributed by atoms with Crippen molar-refractivity contribution in [1.82, 2.24) is 29.7 Å². The number of carboxylic acids is 1. The number of anilines is 1. The zero-order valence-electron chi connectivity index (χ0n) is 23.0. The molecule has 2 atom stereocenters. The minimum absolute atomic E-state index is 0.0627. The third-order valence-electron chi connectivity index (χ3n) is 6.27. The second kappa shape index (κ2) is 12.6. The minimum atomic E-state index is -1.28. The lowest BCUT2D eigenvalue weighted by Crippen LogP contribution is -2.71. The van der Waals surface area contributed by atoms with Crippen LogP contribution < -0.4 is 15.7 Å². The summed E-state index contributed by atoms with van der Waals surface area (Å²) in [6.07, 6.45) is 1.52. The Kier molecular flexibility index (Phi) is 8.83.